The normalized spacial score (nSPS) is 10.7. The summed E-state index contributed by atoms with van der Waals surface area (Å²) in [5.74, 6) is 0. The van der Waals surface area contributed by atoms with Crippen molar-refractivity contribution in [2.75, 3.05) is 0 Å². The minimum Gasteiger partial charge on any atom is -0.283 e. The fourth-order valence-corrected chi connectivity index (χ4v) is 2.43. The number of halogens is 1. The summed E-state index contributed by atoms with van der Waals surface area (Å²) in [6.45, 7) is 0. The number of benzene rings is 1. The SMILES string of the molecule is O=c1c2cccnc2c(Br)cn1-c1ccccc1. The maximum absolute atomic E-state index is 12.4. The van der Waals surface area contributed by atoms with E-state index in [9.17, 15) is 4.79 Å². The van der Waals surface area contributed by atoms with Crippen molar-refractivity contribution in [2.45, 2.75) is 0 Å². The van der Waals surface area contributed by atoms with Crippen LogP contribution >= 0.6 is 15.9 Å². The van der Waals surface area contributed by atoms with Gasteiger partial charge in [0.15, 0.2) is 0 Å². The summed E-state index contributed by atoms with van der Waals surface area (Å²) in [7, 11) is 0. The second-order valence-corrected chi connectivity index (χ2v) is 4.74. The first-order chi connectivity index (χ1) is 8.77. The zero-order valence-electron chi connectivity index (χ0n) is 9.38. The van der Waals surface area contributed by atoms with E-state index in [1.165, 1.54) is 0 Å². The summed E-state index contributed by atoms with van der Waals surface area (Å²) < 4.78 is 2.43. The van der Waals surface area contributed by atoms with E-state index in [4.69, 9.17) is 0 Å². The number of para-hydroxylation sites is 1. The molecule has 0 fully saturated rings. The molecule has 0 radical (unpaired) electrons. The highest BCUT2D eigenvalue weighted by Crippen LogP contribution is 2.19. The fraction of sp³-hybridized carbons (Fsp3) is 0. The number of nitrogens with zero attached hydrogens (tertiary/aromatic N) is 2. The summed E-state index contributed by atoms with van der Waals surface area (Å²) in [4.78, 5) is 16.6. The van der Waals surface area contributed by atoms with Crippen LogP contribution in [-0.2, 0) is 0 Å². The lowest BCUT2D eigenvalue weighted by Gasteiger charge is -2.08. The summed E-state index contributed by atoms with van der Waals surface area (Å²) in [6, 6.07) is 13.1. The van der Waals surface area contributed by atoms with Gasteiger partial charge in [-0.2, -0.15) is 0 Å². The Kier molecular flexibility index (Phi) is 2.72. The van der Waals surface area contributed by atoms with E-state index in [0.29, 0.717) is 10.9 Å². The van der Waals surface area contributed by atoms with Crippen LogP contribution in [0.1, 0.15) is 0 Å². The van der Waals surface area contributed by atoms with Crippen LogP contribution in [0.4, 0.5) is 0 Å². The third-order valence-corrected chi connectivity index (χ3v) is 3.34. The standard InChI is InChI=1S/C14H9BrN2O/c15-12-9-17(10-5-2-1-3-6-10)14(18)11-7-4-8-16-13(11)12/h1-9H. The number of hydrogen-bond donors (Lipinski definition) is 0. The van der Waals surface area contributed by atoms with Gasteiger partial charge in [-0.25, -0.2) is 0 Å². The van der Waals surface area contributed by atoms with E-state index >= 15 is 0 Å². The fourth-order valence-electron chi connectivity index (χ4n) is 1.91. The molecule has 0 aliphatic rings. The number of hydrogen-bond acceptors (Lipinski definition) is 2. The van der Waals surface area contributed by atoms with Crippen molar-refractivity contribution in [2.24, 2.45) is 0 Å². The lowest BCUT2D eigenvalue weighted by molar-refractivity contribution is 0.999. The molecule has 3 aromatic rings. The van der Waals surface area contributed by atoms with E-state index in [1.54, 1.807) is 29.1 Å². The molecule has 2 heterocycles. The molecule has 3 nitrogen and oxygen atoms in total. The highest BCUT2D eigenvalue weighted by molar-refractivity contribution is 9.10. The lowest BCUT2D eigenvalue weighted by atomic mass is 10.2. The molecular formula is C14H9BrN2O. The van der Waals surface area contributed by atoms with Crippen molar-refractivity contribution >= 4 is 26.8 Å². The Morgan fingerprint density at radius 2 is 1.83 bits per heavy atom. The summed E-state index contributed by atoms with van der Waals surface area (Å²) in [5, 5.41) is 0.607. The van der Waals surface area contributed by atoms with Crippen molar-refractivity contribution in [3.05, 3.63) is 69.7 Å². The maximum Gasteiger partial charge on any atom is 0.264 e. The number of pyridine rings is 2. The van der Waals surface area contributed by atoms with Gasteiger partial charge < -0.3 is 0 Å². The molecule has 4 heteroatoms. The number of aromatic nitrogens is 2. The minimum absolute atomic E-state index is 0.0625. The van der Waals surface area contributed by atoms with Crippen LogP contribution in [0.2, 0.25) is 0 Å². The summed E-state index contributed by atoms with van der Waals surface area (Å²) >= 11 is 3.46. The molecule has 1 aromatic carbocycles. The lowest BCUT2D eigenvalue weighted by Crippen LogP contribution is -2.18. The van der Waals surface area contributed by atoms with Crippen molar-refractivity contribution < 1.29 is 0 Å². The molecule has 0 aliphatic heterocycles. The second kappa shape index (κ2) is 4.38. The van der Waals surface area contributed by atoms with Crippen molar-refractivity contribution in [3.63, 3.8) is 0 Å². The Morgan fingerprint density at radius 1 is 1.06 bits per heavy atom. The third kappa shape index (κ3) is 1.75. The summed E-state index contributed by atoms with van der Waals surface area (Å²) in [6.07, 6.45) is 3.44. The van der Waals surface area contributed by atoms with Gasteiger partial charge in [-0.15, -0.1) is 0 Å². The molecule has 0 unspecified atom stereocenters. The molecule has 18 heavy (non-hydrogen) atoms. The van der Waals surface area contributed by atoms with Crippen LogP contribution in [0.15, 0.2) is 64.1 Å². The molecule has 0 atom stereocenters. The maximum atomic E-state index is 12.4. The quantitative estimate of drug-likeness (QED) is 0.692. The second-order valence-electron chi connectivity index (χ2n) is 3.89. The molecule has 0 saturated heterocycles. The Labute approximate surface area is 112 Å². The van der Waals surface area contributed by atoms with E-state index in [1.807, 2.05) is 30.3 Å². The molecule has 3 rings (SSSR count). The smallest absolute Gasteiger partial charge is 0.264 e. The van der Waals surface area contributed by atoms with Crippen molar-refractivity contribution in [3.8, 4) is 5.69 Å². The molecule has 2 aromatic heterocycles. The van der Waals surface area contributed by atoms with Crippen molar-refractivity contribution in [1.82, 2.24) is 9.55 Å². The van der Waals surface area contributed by atoms with Crippen LogP contribution in [0.25, 0.3) is 16.6 Å². The molecule has 0 N–H and O–H groups in total. The van der Waals surface area contributed by atoms with E-state index < -0.39 is 0 Å². The Morgan fingerprint density at radius 3 is 2.61 bits per heavy atom. The molecule has 0 amide bonds. The molecular weight excluding hydrogens is 292 g/mol. The largest absolute Gasteiger partial charge is 0.283 e. The molecule has 0 aliphatic carbocycles. The van der Waals surface area contributed by atoms with Crippen LogP contribution in [-0.4, -0.2) is 9.55 Å². The van der Waals surface area contributed by atoms with Gasteiger partial charge in [0, 0.05) is 18.1 Å². The van der Waals surface area contributed by atoms with Crippen LogP contribution in [0.3, 0.4) is 0 Å². The number of fused-ring (bicyclic) bond motifs is 1. The number of rotatable bonds is 1. The minimum atomic E-state index is -0.0625. The van der Waals surface area contributed by atoms with Gasteiger partial charge in [0.25, 0.3) is 5.56 Å². The van der Waals surface area contributed by atoms with E-state index in [0.717, 1.165) is 10.2 Å². The highest BCUT2D eigenvalue weighted by Gasteiger charge is 2.08. The molecule has 0 saturated carbocycles. The first-order valence-corrected chi connectivity index (χ1v) is 6.28. The van der Waals surface area contributed by atoms with Crippen LogP contribution in [0, 0.1) is 0 Å². The van der Waals surface area contributed by atoms with Gasteiger partial charge in [-0.3, -0.25) is 14.3 Å². The van der Waals surface area contributed by atoms with E-state index in [2.05, 4.69) is 20.9 Å². The molecule has 0 bridgehead atoms. The van der Waals surface area contributed by atoms with E-state index in [-0.39, 0.29) is 5.56 Å². The van der Waals surface area contributed by atoms with Gasteiger partial charge in [-0.1, -0.05) is 18.2 Å². The topological polar surface area (TPSA) is 34.9 Å². The average Bonchev–Trinajstić information content (AvgIpc) is 2.44. The highest BCUT2D eigenvalue weighted by atomic mass is 79.9. The zero-order chi connectivity index (χ0) is 12.5. The first kappa shape index (κ1) is 11.2. The van der Waals surface area contributed by atoms with Crippen molar-refractivity contribution in [1.29, 1.82) is 0 Å². The Bertz CT molecular complexity index is 766. The monoisotopic (exact) mass is 300 g/mol. The van der Waals surface area contributed by atoms with Gasteiger partial charge in [0.2, 0.25) is 0 Å². The third-order valence-electron chi connectivity index (χ3n) is 2.76. The first-order valence-electron chi connectivity index (χ1n) is 5.49. The molecule has 0 spiro atoms. The van der Waals surface area contributed by atoms with Gasteiger partial charge in [-0.05, 0) is 40.2 Å². The van der Waals surface area contributed by atoms with Crippen LogP contribution in [0.5, 0.6) is 0 Å². The predicted molar refractivity (Wildman–Crippen MR) is 75.0 cm³/mol. The average molecular weight is 301 g/mol. The Hall–Kier alpha value is -1.94. The van der Waals surface area contributed by atoms with Gasteiger partial charge in [0.1, 0.15) is 0 Å². The van der Waals surface area contributed by atoms with Gasteiger partial charge >= 0.3 is 0 Å². The van der Waals surface area contributed by atoms with Gasteiger partial charge in [0.05, 0.1) is 15.4 Å². The molecule has 88 valence electrons. The van der Waals surface area contributed by atoms with Crippen LogP contribution < -0.4 is 5.56 Å². The predicted octanol–water partition coefficient (Wildman–Crippen LogP) is 3.15. The Balaban J connectivity index is 2.39. The zero-order valence-corrected chi connectivity index (χ0v) is 11.0. The summed E-state index contributed by atoms with van der Waals surface area (Å²) in [5.41, 5.74) is 1.47.